The van der Waals surface area contributed by atoms with E-state index in [9.17, 15) is 18.3 Å². The molecule has 0 fully saturated rings. The van der Waals surface area contributed by atoms with E-state index >= 15 is 0 Å². The van der Waals surface area contributed by atoms with E-state index in [4.69, 9.17) is 5.11 Å². The first kappa shape index (κ1) is 16.6. The third kappa shape index (κ3) is 5.28. The number of carbonyl (C=O) groups is 1. The molecule has 0 aliphatic carbocycles. The molecule has 0 saturated carbocycles. The molecule has 0 aliphatic heterocycles. The molecule has 1 aromatic carbocycles. The lowest BCUT2D eigenvalue weighted by Crippen LogP contribution is -2.35. The van der Waals surface area contributed by atoms with E-state index in [1.807, 2.05) is 0 Å². The maximum atomic E-state index is 11.8. The van der Waals surface area contributed by atoms with Crippen LogP contribution in [0.25, 0.3) is 0 Å². The molecule has 112 valence electrons. The van der Waals surface area contributed by atoms with Crippen LogP contribution in [0, 0.1) is 5.92 Å². The van der Waals surface area contributed by atoms with Gasteiger partial charge in [-0.1, -0.05) is 26.0 Å². The molecule has 1 unspecified atom stereocenters. The van der Waals surface area contributed by atoms with Crippen molar-refractivity contribution in [2.45, 2.75) is 25.7 Å². The first-order chi connectivity index (χ1) is 9.21. The molecule has 0 bridgehead atoms. The topological polar surface area (TPSA) is 104 Å². The van der Waals surface area contributed by atoms with Crippen LogP contribution in [0.3, 0.4) is 0 Å². The minimum absolute atomic E-state index is 0.0416. The Morgan fingerprint density at radius 3 is 2.55 bits per heavy atom. The second-order valence-corrected chi connectivity index (χ2v) is 6.73. The number of benzene rings is 1. The summed E-state index contributed by atoms with van der Waals surface area (Å²) < 4.78 is 26.0. The van der Waals surface area contributed by atoms with Crippen molar-refractivity contribution in [3.05, 3.63) is 35.4 Å². The number of aromatic carboxylic acids is 1. The number of sulfonamides is 1. The van der Waals surface area contributed by atoms with Crippen molar-refractivity contribution < 1.29 is 23.4 Å². The molecule has 6 nitrogen and oxygen atoms in total. The predicted molar refractivity (Wildman–Crippen MR) is 74.9 cm³/mol. The molecule has 0 aliphatic rings. The van der Waals surface area contributed by atoms with Gasteiger partial charge in [-0.3, -0.25) is 0 Å². The Kier molecular flexibility index (Phi) is 5.67. The van der Waals surface area contributed by atoms with E-state index < -0.39 is 22.1 Å². The predicted octanol–water partition coefficient (Wildman–Crippen LogP) is 0.821. The van der Waals surface area contributed by atoms with Gasteiger partial charge < -0.3 is 10.2 Å². The van der Waals surface area contributed by atoms with Crippen molar-refractivity contribution >= 4 is 16.0 Å². The van der Waals surface area contributed by atoms with Crippen molar-refractivity contribution in [1.29, 1.82) is 0 Å². The number of carboxylic acids is 1. The Balaban J connectivity index is 2.71. The van der Waals surface area contributed by atoms with Gasteiger partial charge in [0, 0.05) is 6.54 Å². The van der Waals surface area contributed by atoms with Gasteiger partial charge in [0.15, 0.2) is 0 Å². The van der Waals surface area contributed by atoms with Gasteiger partial charge in [0.1, 0.15) is 0 Å². The van der Waals surface area contributed by atoms with Gasteiger partial charge in [0.2, 0.25) is 10.0 Å². The van der Waals surface area contributed by atoms with Crippen LogP contribution in [-0.2, 0) is 15.8 Å². The number of hydrogen-bond acceptors (Lipinski definition) is 4. The fraction of sp³-hybridized carbons (Fsp3) is 0.462. The summed E-state index contributed by atoms with van der Waals surface area (Å²) in [6.45, 7) is 3.52. The first-order valence-corrected chi connectivity index (χ1v) is 7.84. The van der Waals surface area contributed by atoms with Gasteiger partial charge in [-0.05, 0) is 23.6 Å². The second kappa shape index (κ2) is 6.83. The van der Waals surface area contributed by atoms with Gasteiger partial charge in [0.05, 0.1) is 17.4 Å². The van der Waals surface area contributed by atoms with Crippen molar-refractivity contribution in [3.8, 4) is 0 Å². The van der Waals surface area contributed by atoms with Crippen LogP contribution in [0.5, 0.6) is 0 Å². The quantitative estimate of drug-likeness (QED) is 0.692. The molecule has 1 rings (SSSR count). The smallest absolute Gasteiger partial charge is 0.335 e. The molecule has 0 radical (unpaired) electrons. The number of hydrogen-bond donors (Lipinski definition) is 3. The van der Waals surface area contributed by atoms with Gasteiger partial charge in [0.25, 0.3) is 0 Å². The average molecular weight is 301 g/mol. The van der Waals surface area contributed by atoms with E-state index in [0.717, 1.165) is 0 Å². The zero-order valence-electron chi connectivity index (χ0n) is 11.4. The zero-order valence-corrected chi connectivity index (χ0v) is 12.2. The molecule has 0 saturated heterocycles. The number of aliphatic hydroxyl groups is 1. The summed E-state index contributed by atoms with van der Waals surface area (Å²) in [7, 11) is -3.61. The van der Waals surface area contributed by atoms with Gasteiger partial charge in [-0.25, -0.2) is 17.9 Å². The summed E-state index contributed by atoms with van der Waals surface area (Å²) in [6.07, 6.45) is -0.755. The Labute approximate surface area is 118 Å². The van der Waals surface area contributed by atoms with E-state index in [0.29, 0.717) is 5.56 Å². The average Bonchev–Trinajstić information content (AvgIpc) is 2.35. The highest BCUT2D eigenvalue weighted by Crippen LogP contribution is 2.09. The molecular formula is C13H19NO5S. The van der Waals surface area contributed by atoms with Crippen LogP contribution in [0.2, 0.25) is 0 Å². The highest BCUT2D eigenvalue weighted by atomic mass is 32.2. The van der Waals surface area contributed by atoms with Gasteiger partial charge >= 0.3 is 5.97 Å². The van der Waals surface area contributed by atoms with Gasteiger partial charge in [-0.2, -0.15) is 0 Å². The third-order valence-corrected chi connectivity index (χ3v) is 4.13. The summed E-state index contributed by atoms with van der Waals surface area (Å²) in [6, 6.07) is 5.76. The maximum Gasteiger partial charge on any atom is 0.335 e. The Morgan fingerprint density at radius 1 is 1.35 bits per heavy atom. The lowest BCUT2D eigenvalue weighted by atomic mass is 10.1. The molecule has 1 aromatic rings. The first-order valence-electron chi connectivity index (χ1n) is 6.19. The highest BCUT2D eigenvalue weighted by molar-refractivity contribution is 7.88. The summed E-state index contributed by atoms with van der Waals surface area (Å²) in [5, 5.41) is 18.4. The van der Waals surface area contributed by atoms with E-state index in [1.54, 1.807) is 19.9 Å². The van der Waals surface area contributed by atoms with Crippen LogP contribution in [0.15, 0.2) is 24.3 Å². The van der Waals surface area contributed by atoms with Crippen LogP contribution >= 0.6 is 0 Å². The molecule has 0 aromatic heterocycles. The largest absolute Gasteiger partial charge is 0.478 e. The number of aliphatic hydroxyl groups excluding tert-OH is 1. The molecule has 0 spiro atoms. The monoisotopic (exact) mass is 301 g/mol. The highest BCUT2D eigenvalue weighted by Gasteiger charge is 2.16. The molecule has 20 heavy (non-hydrogen) atoms. The molecule has 3 N–H and O–H groups in total. The minimum atomic E-state index is -3.61. The van der Waals surface area contributed by atoms with Crippen molar-refractivity contribution in [2.24, 2.45) is 5.92 Å². The lowest BCUT2D eigenvalue weighted by Gasteiger charge is -2.15. The Bertz CT molecular complexity index is 568. The SMILES string of the molecule is CC(C)C(O)CNS(=O)(=O)Cc1cccc(C(=O)O)c1. The third-order valence-electron chi connectivity index (χ3n) is 2.81. The Morgan fingerprint density at radius 2 is 2.00 bits per heavy atom. The van der Waals surface area contributed by atoms with E-state index in [-0.39, 0.29) is 23.8 Å². The van der Waals surface area contributed by atoms with Crippen molar-refractivity contribution in [1.82, 2.24) is 4.72 Å². The summed E-state index contributed by atoms with van der Waals surface area (Å²) >= 11 is 0. The summed E-state index contributed by atoms with van der Waals surface area (Å²) in [5.41, 5.74) is 0.427. The van der Waals surface area contributed by atoms with Crippen LogP contribution in [0.1, 0.15) is 29.8 Å². The molecule has 0 heterocycles. The number of nitrogens with one attached hydrogen (secondary N) is 1. The second-order valence-electron chi connectivity index (χ2n) is 4.92. The standard InChI is InChI=1S/C13H19NO5S/c1-9(2)12(15)7-14-20(18,19)8-10-4-3-5-11(6-10)13(16)17/h3-6,9,12,14-15H,7-8H2,1-2H3,(H,16,17). The van der Waals surface area contributed by atoms with E-state index in [2.05, 4.69) is 4.72 Å². The minimum Gasteiger partial charge on any atom is -0.478 e. The maximum absolute atomic E-state index is 11.8. The number of carboxylic acid groups (broad SMARTS) is 1. The van der Waals surface area contributed by atoms with Crippen LogP contribution < -0.4 is 4.72 Å². The summed E-state index contributed by atoms with van der Waals surface area (Å²) in [5.74, 6) is -1.47. The Hall–Kier alpha value is -1.44. The number of rotatable bonds is 7. The molecule has 7 heteroatoms. The van der Waals surface area contributed by atoms with Crippen LogP contribution in [0.4, 0.5) is 0 Å². The van der Waals surface area contributed by atoms with E-state index in [1.165, 1.54) is 18.2 Å². The van der Waals surface area contributed by atoms with Crippen molar-refractivity contribution in [2.75, 3.05) is 6.54 Å². The lowest BCUT2D eigenvalue weighted by molar-refractivity contribution is 0.0696. The fourth-order valence-electron chi connectivity index (χ4n) is 1.51. The molecule has 0 amide bonds. The normalized spacial score (nSPS) is 13.4. The zero-order chi connectivity index (χ0) is 15.3. The van der Waals surface area contributed by atoms with Crippen LogP contribution in [-0.4, -0.2) is 37.2 Å². The fourth-order valence-corrected chi connectivity index (χ4v) is 2.66. The summed E-state index contributed by atoms with van der Waals surface area (Å²) in [4.78, 5) is 10.8. The van der Waals surface area contributed by atoms with Crippen molar-refractivity contribution in [3.63, 3.8) is 0 Å². The van der Waals surface area contributed by atoms with Gasteiger partial charge in [-0.15, -0.1) is 0 Å². The molecule has 1 atom stereocenters. The molecular weight excluding hydrogens is 282 g/mol.